The van der Waals surface area contributed by atoms with E-state index in [1.165, 1.54) is 12.1 Å². The van der Waals surface area contributed by atoms with Crippen molar-refractivity contribution in [3.63, 3.8) is 0 Å². The molecule has 2 N–H and O–H groups in total. The van der Waals surface area contributed by atoms with Gasteiger partial charge in [-0.2, -0.15) is 0 Å². The molecule has 0 radical (unpaired) electrons. The van der Waals surface area contributed by atoms with Gasteiger partial charge >= 0.3 is 0 Å². The van der Waals surface area contributed by atoms with Crippen LogP contribution in [0.2, 0.25) is 0 Å². The summed E-state index contributed by atoms with van der Waals surface area (Å²) in [7, 11) is 0. The summed E-state index contributed by atoms with van der Waals surface area (Å²) in [5.41, 5.74) is 5.68. The Morgan fingerprint density at radius 1 is 1.50 bits per heavy atom. The number of nitrogens with zero attached hydrogens (tertiary/aromatic N) is 1. The van der Waals surface area contributed by atoms with Crippen molar-refractivity contribution in [2.75, 3.05) is 5.73 Å². The quantitative estimate of drug-likeness (QED) is 0.393. The second kappa shape index (κ2) is 3.73. The fraction of sp³-hybridized carbons (Fsp3) is 0.125. The van der Waals surface area contributed by atoms with Gasteiger partial charge in [0.05, 0.1) is 5.97 Å². The monoisotopic (exact) mass is 195 g/mol. The van der Waals surface area contributed by atoms with Crippen LogP contribution in [0.3, 0.4) is 0 Å². The summed E-state index contributed by atoms with van der Waals surface area (Å²) in [6.07, 6.45) is 0. The number of nitrogen functional groups attached to an aromatic ring is 1. The minimum Gasteiger partial charge on any atom is -0.545 e. The summed E-state index contributed by atoms with van der Waals surface area (Å²) in [6.45, 7) is -0.493. The smallest absolute Gasteiger partial charge is 0.230 e. The van der Waals surface area contributed by atoms with E-state index < -0.39 is 17.4 Å². The minimum absolute atomic E-state index is 0.115. The normalized spacial score (nSPS) is 9.71. The third-order valence-corrected chi connectivity index (χ3v) is 1.68. The van der Waals surface area contributed by atoms with Crippen molar-refractivity contribution in [1.82, 2.24) is 0 Å². The van der Waals surface area contributed by atoms with E-state index >= 15 is 0 Å². The van der Waals surface area contributed by atoms with Crippen molar-refractivity contribution in [2.45, 2.75) is 6.54 Å². The summed E-state index contributed by atoms with van der Waals surface area (Å²) < 4.78 is 0. The number of benzene rings is 1. The highest BCUT2D eigenvalue weighted by Gasteiger charge is 2.07. The Balaban J connectivity index is 3.08. The highest BCUT2D eigenvalue weighted by atomic mass is 16.6. The highest BCUT2D eigenvalue weighted by molar-refractivity contribution is 5.86. The molecule has 0 aliphatic rings. The minimum atomic E-state index is -1.38. The van der Waals surface area contributed by atoms with Crippen LogP contribution < -0.4 is 10.8 Å². The Morgan fingerprint density at radius 2 is 2.14 bits per heavy atom. The molecular weight excluding hydrogens is 188 g/mol. The summed E-state index contributed by atoms with van der Waals surface area (Å²) in [4.78, 5) is 20.0. The van der Waals surface area contributed by atoms with Crippen LogP contribution in [0.25, 0.3) is 0 Å². The standard InChI is InChI=1S/C8H8N2O4/c9-7-2-1-5(8(11)12)3-6(7)4-10(13)14/h1-3H,4,9H2,(H,11,12)/p-1. The van der Waals surface area contributed by atoms with Crippen molar-refractivity contribution in [3.05, 3.63) is 39.4 Å². The average Bonchev–Trinajstić information content (AvgIpc) is 2.07. The van der Waals surface area contributed by atoms with Gasteiger partial charge in [-0.15, -0.1) is 0 Å². The summed E-state index contributed by atoms with van der Waals surface area (Å²) in [6, 6.07) is 3.70. The molecule has 0 saturated carbocycles. The maximum atomic E-state index is 10.4. The molecule has 1 aromatic rings. The molecule has 0 spiro atoms. The van der Waals surface area contributed by atoms with Crippen molar-refractivity contribution in [3.8, 4) is 0 Å². The fourth-order valence-corrected chi connectivity index (χ4v) is 1.01. The zero-order valence-electron chi connectivity index (χ0n) is 7.10. The van der Waals surface area contributed by atoms with E-state index in [2.05, 4.69) is 0 Å². The van der Waals surface area contributed by atoms with E-state index in [0.717, 1.165) is 6.07 Å². The van der Waals surface area contributed by atoms with Crippen LogP contribution >= 0.6 is 0 Å². The van der Waals surface area contributed by atoms with Crippen molar-refractivity contribution >= 4 is 11.7 Å². The molecule has 14 heavy (non-hydrogen) atoms. The summed E-state index contributed by atoms with van der Waals surface area (Å²) in [5.74, 6) is -1.38. The van der Waals surface area contributed by atoms with Crippen LogP contribution in [0.15, 0.2) is 18.2 Å². The number of nitrogens with two attached hydrogens (primary N) is 1. The van der Waals surface area contributed by atoms with E-state index in [0.29, 0.717) is 0 Å². The fourth-order valence-electron chi connectivity index (χ4n) is 1.01. The molecule has 0 fully saturated rings. The van der Waals surface area contributed by atoms with Gasteiger partial charge < -0.3 is 15.6 Å². The second-order valence-electron chi connectivity index (χ2n) is 2.69. The largest absolute Gasteiger partial charge is 0.545 e. The maximum Gasteiger partial charge on any atom is 0.230 e. The Morgan fingerprint density at radius 3 is 2.64 bits per heavy atom. The molecule has 1 rings (SSSR count). The lowest BCUT2D eigenvalue weighted by Crippen LogP contribution is -2.22. The molecule has 0 bridgehead atoms. The van der Waals surface area contributed by atoms with E-state index in [-0.39, 0.29) is 16.8 Å². The first-order valence-electron chi connectivity index (χ1n) is 3.72. The molecule has 0 aromatic heterocycles. The van der Waals surface area contributed by atoms with Crippen LogP contribution in [0, 0.1) is 10.1 Å². The molecule has 0 saturated heterocycles. The Bertz CT molecular complexity index is 389. The zero-order valence-corrected chi connectivity index (χ0v) is 7.10. The molecule has 0 atom stereocenters. The topological polar surface area (TPSA) is 109 Å². The lowest BCUT2D eigenvalue weighted by Gasteiger charge is -2.05. The SMILES string of the molecule is Nc1ccc(C(=O)[O-])cc1C[N+](=O)[O-]. The summed E-state index contributed by atoms with van der Waals surface area (Å²) in [5, 5.41) is 20.6. The third-order valence-electron chi connectivity index (χ3n) is 1.68. The molecular formula is C8H7N2O4-. The van der Waals surface area contributed by atoms with E-state index in [9.17, 15) is 20.0 Å². The molecule has 0 aliphatic carbocycles. The molecule has 0 aliphatic heterocycles. The zero-order chi connectivity index (χ0) is 10.7. The van der Waals surface area contributed by atoms with Crippen molar-refractivity contribution < 1.29 is 14.8 Å². The molecule has 1 aromatic carbocycles. The molecule has 0 amide bonds. The van der Waals surface area contributed by atoms with Gasteiger partial charge in [0.1, 0.15) is 0 Å². The highest BCUT2D eigenvalue weighted by Crippen LogP contribution is 2.14. The first-order valence-corrected chi connectivity index (χ1v) is 3.72. The van der Waals surface area contributed by atoms with Crippen LogP contribution in [0.4, 0.5) is 5.69 Å². The predicted octanol–water partition coefficient (Wildman–Crippen LogP) is -0.591. The van der Waals surface area contributed by atoms with Gasteiger partial charge in [-0.3, -0.25) is 10.1 Å². The predicted molar refractivity (Wildman–Crippen MR) is 45.9 cm³/mol. The van der Waals surface area contributed by atoms with Crippen LogP contribution in [0.5, 0.6) is 0 Å². The maximum absolute atomic E-state index is 10.4. The van der Waals surface area contributed by atoms with Crippen LogP contribution in [0.1, 0.15) is 15.9 Å². The number of carboxylic acids is 1. The van der Waals surface area contributed by atoms with Gasteiger partial charge in [0, 0.05) is 16.2 Å². The Hall–Kier alpha value is -2.11. The summed E-state index contributed by atoms with van der Waals surface area (Å²) >= 11 is 0. The molecule has 74 valence electrons. The number of carboxylic acid groups (broad SMARTS) is 1. The lowest BCUT2D eigenvalue weighted by molar-refractivity contribution is -0.496. The first-order chi connectivity index (χ1) is 6.50. The number of rotatable bonds is 3. The first kappa shape index (κ1) is 9.97. The van der Waals surface area contributed by atoms with Gasteiger partial charge in [0.15, 0.2) is 0 Å². The average molecular weight is 195 g/mol. The van der Waals surface area contributed by atoms with Crippen molar-refractivity contribution in [1.29, 1.82) is 0 Å². The van der Waals surface area contributed by atoms with Gasteiger partial charge in [0.2, 0.25) is 6.54 Å². The third kappa shape index (κ3) is 2.19. The van der Waals surface area contributed by atoms with E-state index in [4.69, 9.17) is 5.73 Å². The van der Waals surface area contributed by atoms with Gasteiger partial charge in [0.25, 0.3) is 0 Å². The van der Waals surface area contributed by atoms with Crippen LogP contribution in [-0.4, -0.2) is 10.9 Å². The Kier molecular flexibility index (Phi) is 2.66. The molecule has 6 heteroatoms. The van der Waals surface area contributed by atoms with Gasteiger partial charge in [-0.05, 0) is 17.7 Å². The number of nitro groups is 1. The molecule has 0 unspecified atom stereocenters. The van der Waals surface area contributed by atoms with E-state index in [1.54, 1.807) is 0 Å². The molecule has 6 nitrogen and oxygen atoms in total. The second-order valence-corrected chi connectivity index (χ2v) is 2.69. The molecule has 0 heterocycles. The number of carbonyl (C=O) groups excluding carboxylic acids is 1. The number of aromatic carboxylic acids is 1. The van der Waals surface area contributed by atoms with Gasteiger partial charge in [-0.25, -0.2) is 0 Å². The van der Waals surface area contributed by atoms with Gasteiger partial charge in [-0.1, -0.05) is 6.07 Å². The van der Waals surface area contributed by atoms with Crippen molar-refractivity contribution in [2.24, 2.45) is 0 Å². The number of carbonyl (C=O) groups is 1. The number of anilines is 1. The van der Waals surface area contributed by atoms with E-state index in [1.807, 2.05) is 0 Å². The Labute approximate surface area is 79.1 Å². The lowest BCUT2D eigenvalue weighted by atomic mass is 10.1. The number of hydrogen-bond donors (Lipinski definition) is 1. The number of hydrogen-bond acceptors (Lipinski definition) is 5. The van der Waals surface area contributed by atoms with Crippen LogP contribution in [-0.2, 0) is 6.54 Å².